The monoisotopic (exact) mass is 941 g/mol. The Bertz CT molecular complexity index is 1190. The summed E-state index contributed by atoms with van der Waals surface area (Å²) in [5.41, 5.74) is 0. The molecule has 1 aliphatic rings. The van der Waals surface area contributed by atoms with Crippen molar-refractivity contribution >= 4 is 36.8 Å². The van der Waals surface area contributed by atoms with Gasteiger partial charge in [-0.1, -0.05) is 88.5 Å². The number of unbranched alkanes of at least 4 members (excludes halogenated alkanes) is 11. The van der Waals surface area contributed by atoms with Gasteiger partial charge in [-0.2, -0.15) is 0 Å². The average Bonchev–Trinajstić information content (AvgIpc) is 3.16. The van der Waals surface area contributed by atoms with E-state index < -0.39 is 37.0 Å². The second-order valence-corrected chi connectivity index (χ2v) is 38.3. The van der Waals surface area contributed by atoms with Crippen LogP contribution in [0.3, 0.4) is 0 Å². The molecule has 0 aromatic carbocycles. The Morgan fingerprint density at radius 3 is 0.921 bits per heavy atom. The summed E-state index contributed by atoms with van der Waals surface area (Å²) >= 11 is 0. The number of piperazine rings is 1. The number of carbonyl (C=O) groups excluding carboxylic acids is 2. The van der Waals surface area contributed by atoms with Crippen molar-refractivity contribution in [3.05, 3.63) is 0 Å². The molecule has 1 heterocycles. The molecule has 2 amide bonds. The van der Waals surface area contributed by atoms with E-state index in [-0.39, 0.29) is 26.9 Å². The smallest absolute Gasteiger partial charge is 0.243 e. The van der Waals surface area contributed by atoms with E-state index in [1.165, 1.54) is 64.2 Å². The Balaban J connectivity index is 2.53. The van der Waals surface area contributed by atoms with E-state index in [1.54, 1.807) is 0 Å². The van der Waals surface area contributed by atoms with E-state index in [1.807, 2.05) is 0 Å². The molecule has 0 aromatic rings. The third-order valence-electron chi connectivity index (χ3n) is 15.2. The van der Waals surface area contributed by atoms with Gasteiger partial charge in [0.05, 0.1) is 0 Å². The quantitative estimate of drug-likeness (QED) is 0.0477. The van der Waals surface area contributed by atoms with Gasteiger partial charge in [0.2, 0.25) is 11.8 Å². The summed E-state index contributed by atoms with van der Waals surface area (Å²) in [6.07, 6.45) is 21.0. The summed E-state index contributed by atoms with van der Waals surface area (Å²) < 4.78 is 19.3. The van der Waals surface area contributed by atoms with Crippen LogP contribution in [0.4, 0.5) is 0 Å². The molecule has 0 saturated carbocycles. The van der Waals surface area contributed by atoms with Gasteiger partial charge < -0.3 is 33.7 Å². The SMILES string of the molecule is CCCCCCN(CCCCCO[Si](C)(C)C(C)(C)C)CCCCC1NC(=O)C(CCCCN(CCCCCO[Si](C)(C)C(C)(C)C)CCCCCO[Si](C)(C)C(C)(C)C)NC1=O. The number of hydrogen-bond acceptors (Lipinski definition) is 7. The zero-order valence-corrected chi connectivity index (χ0v) is 47.9. The Morgan fingerprint density at radius 2 is 0.667 bits per heavy atom. The van der Waals surface area contributed by atoms with E-state index in [9.17, 15) is 9.59 Å². The highest BCUT2D eigenvalue weighted by molar-refractivity contribution is 6.74. The van der Waals surface area contributed by atoms with E-state index >= 15 is 0 Å². The van der Waals surface area contributed by atoms with Crippen molar-refractivity contribution in [1.82, 2.24) is 20.4 Å². The number of hydrogen-bond donors (Lipinski definition) is 2. The molecule has 2 atom stereocenters. The predicted octanol–water partition coefficient (Wildman–Crippen LogP) is 13.1. The molecule has 2 unspecified atom stereocenters. The molecule has 0 aromatic heterocycles. The van der Waals surface area contributed by atoms with Crippen LogP contribution in [0.5, 0.6) is 0 Å². The van der Waals surface area contributed by atoms with Crippen molar-refractivity contribution in [3.63, 3.8) is 0 Å². The van der Waals surface area contributed by atoms with Crippen LogP contribution < -0.4 is 10.6 Å². The summed E-state index contributed by atoms with van der Waals surface area (Å²) in [6.45, 7) is 46.3. The van der Waals surface area contributed by atoms with Crippen molar-refractivity contribution in [2.45, 2.75) is 258 Å². The third-order valence-corrected chi connectivity index (χ3v) is 28.8. The van der Waals surface area contributed by atoms with E-state index in [0.29, 0.717) is 12.8 Å². The van der Waals surface area contributed by atoms with Gasteiger partial charge in [-0.3, -0.25) is 9.59 Å². The maximum atomic E-state index is 13.2. The maximum absolute atomic E-state index is 13.2. The predicted molar refractivity (Wildman–Crippen MR) is 280 cm³/mol. The fourth-order valence-electron chi connectivity index (χ4n) is 7.36. The zero-order valence-electron chi connectivity index (χ0n) is 44.9. The number of nitrogens with zero attached hydrogens (tertiary/aromatic N) is 2. The van der Waals surface area contributed by atoms with Crippen LogP contribution in [-0.4, -0.2) is 118 Å². The van der Waals surface area contributed by atoms with Crippen molar-refractivity contribution in [2.24, 2.45) is 0 Å². The second kappa shape index (κ2) is 30.0. The molecule has 1 aliphatic heterocycles. The Morgan fingerprint density at radius 1 is 0.413 bits per heavy atom. The van der Waals surface area contributed by atoms with Crippen LogP contribution >= 0.6 is 0 Å². The third kappa shape index (κ3) is 25.4. The molecule has 9 nitrogen and oxygen atoms in total. The van der Waals surface area contributed by atoms with Crippen molar-refractivity contribution < 1.29 is 22.9 Å². The van der Waals surface area contributed by atoms with Crippen LogP contribution in [0, 0.1) is 0 Å². The first-order valence-corrected chi connectivity index (χ1v) is 34.9. The molecule has 2 N–H and O–H groups in total. The van der Waals surface area contributed by atoms with Crippen LogP contribution in [0.25, 0.3) is 0 Å². The summed E-state index contributed by atoms with van der Waals surface area (Å²) in [5, 5.41) is 6.96. The molecule has 1 saturated heterocycles. The molecule has 0 radical (unpaired) electrons. The van der Waals surface area contributed by atoms with Gasteiger partial charge in [0.15, 0.2) is 25.0 Å². The average molecular weight is 942 g/mol. The number of carbonyl (C=O) groups is 2. The second-order valence-electron chi connectivity index (χ2n) is 23.9. The molecule has 12 heteroatoms. The van der Waals surface area contributed by atoms with E-state index in [0.717, 1.165) is 104 Å². The first-order chi connectivity index (χ1) is 29.2. The van der Waals surface area contributed by atoms with E-state index in [2.05, 4.69) is 129 Å². The minimum Gasteiger partial charge on any atom is -0.417 e. The lowest BCUT2D eigenvalue weighted by molar-refractivity contribution is -0.137. The number of nitrogens with one attached hydrogen (secondary N) is 2. The van der Waals surface area contributed by atoms with Gasteiger partial charge in [0.1, 0.15) is 12.1 Å². The largest absolute Gasteiger partial charge is 0.417 e. The minimum atomic E-state index is -1.70. The Hall–Kier alpha value is -0.609. The van der Waals surface area contributed by atoms with Crippen molar-refractivity contribution in [2.75, 3.05) is 59.1 Å². The van der Waals surface area contributed by atoms with Crippen molar-refractivity contribution in [3.8, 4) is 0 Å². The Labute approximate surface area is 395 Å². The summed E-state index contributed by atoms with van der Waals surface area (Å²) in [5.74, 6) is -0.0148. The van der Waals surface area contributed by atoms with Crippen molar-refractivity contribution in [1.29, 1.82) is 0 Å². The molecule has 1 rings (SSSR count). The minimum absolute atomic E-state index is 0.00682. The number of rotatable bonds is 36. The molecule has 0 aliphatic carbocycles. The van der Waals surface area contributed by atoms with Gasteiger partial charge in [-0.15, -0.1) is 0 Å². The van der Waals surface area contributed by atoms with Gasteiger partial charge in [0, 0.05) is 19.8 Å². The highest BCUT2D eigenvalue weighted by atomic mass is 28.4. The first kappa shape index (κ1) is 60.4. The maximum Gasteiger partial charge on any atom is 0.243 e. The molecular weight excluding hydrogens is 833 g/mol. The lowest BCUT2D eigenvalue weighted by atomic mass is 10.0. The Kier molecular flexibility index (Phi) is 28.8. The molecular formula is C51H108N4O5Si3. The lowest BCUT2D eigenvalue weighted by Crippen LogP contribution is -2.61. The van der Waals surface area contributed by atoms with Crippen LogP contribution in [0.2, 0.25) is 54.4 Å². The first-order valence-electron chi connectivity index (χ1n) is 26.2. The van der Waals surface area contributed by atoms with Gasteiger partial charge in [0.25, 0.3) is 0 Å². The summed E-state index contributed by atoms with van der Waals surface area (Å²) in [4.78, 5) is 31.7. The zero-order chi connectivity index (χ0) is 47.8. The highest BCUT2D eigenvalue weighted by Crippen LogP contribution is 2.38. The highest BCUT2D eigenvalue weighted by Gasteiger charge is 2.39. The summed E-state index contributed by atoms with van der Waals surface area (Å²) in [7, 11) is -5.07. The van der Waals surface area contributed by atoms with Crippen LogP contribution in [0.15, 0.2) is 0 Å². The standard InChI is InChI=1S/C51H108N4O5Si3/c1-17-18-19-25-36-54(37-26-20-31-42-58-61(11,12)49(2,3)4)40-29-23-34-45-47(56)53-46(48(57)52-45)35-24-30-41-55(38-27-21-32-43-59-62(13,14)50(5,6)7)39-28-22-33-44-60-63(15,16)51(8,9)10/h45-46H,17-44H2,1-16H3,(H,52,57)(H,53,56). The van der Waals surface area contributed by atoms with Gasteiger partial charge >= 0.3 is 0 Å². The van der Waals surface area contributed by atoms with Gasteiger partial charge in [-0.25, -0.2) is 0 Å². The lowest BCUT2D eigenvalue weighted by Gasteiger charge is -2.36. The molecule has 374 valence electrons. The van der Waals surface area contributed by atoms with E-state index in [4.69, 9.17) is 13.3 Å². The van der Waals surface area contributed by atoms with Crippen LogP contribution in [0.1, 0.15) is 191 Å². The normalized spacial score (nSPS) is 17.2. The fraction of sp³-hybridized carbons (Fsp3) is 0.961. The van der Waals surface area contributed by atoms with Crippen LogP contribution in [-0.2, 0) is 22.9 Å². The fourth-order valence-corrected chi connectivity index (χ4v) is 10.6. The summed E-state index contributed by atoms with van der Waals surface area (Å²) in [6, 6.07) is -0.836. The molecule has 0 spiro atoms. The topological polar surface area (TPSA) is 92.4 Å². The molecule has 1 fully saturated rings. The molecule has 63 heavy (non-hydrogen) atoms. The number of amides is 2. The molecule has 0 bridgehead atoms. The van der Waals surface area contributed by atoms with Gasteiger partial charge in [-0.05, 0) is 196 Å².